The van der Waals surface area contributed by atoms with E-state index in [1.165, 1.54) is 9.13 Å². The summed E-state index contributed by atoms with van der Waals surface area (Å²) < 4.78 is 3.48. The largest absolute Gasteiger partial charge is 0.480 e. The van der Waals surface area contributed by atoms with Gasteiger partial charge in [0.25, 0.3) is 0 Å². The fraction of sp³-hybridized carbons (Fsp3) is 0.188. The zero-order chi connectivity index (χ0) is 16.7. The first-order valence-electron chi connectivity index (χ1n) is 6.95. The number of hydrogen-bond acceptors (Lipinski definition) is 3. The number of carbonyl (C=O) groups is 1. The number of imidazole rings is 1. The first-order valence-corrected chi connectivity index (χ1v) is 7.74. The molecule has 0 atom stereocenters. The lowest BCUT2D eigenvalue weighted by Gasteiger charge is -2.08. The zero-order valence-electron chi connectivity index (χ0n) is 12.6. The second-order valence-electron chi connectivity index (χ2n) is 5.33. The van der Waals surface area contributed by atoms with E-state index in [0.717, 1.165) is 11.1 Å². The summed E-state index contributed by atoms with van der Waals surface area (Å²) >= 11 is 3.31. The van der Waals surface area contributed by atoms with E-state index in [9.17, 15) is 9.59 Å². The van der Waals surface area contributed by atoms with Crippen LogP contribution >= 0.6 is 15.9 Å². The van der Waals surface area contributed by atoms with Crippen LogP contribution in [0.1, 0.15) is 11.1 Å². The van der Waals surface area contributed by atoms with Gasteiger partial charge in [-0.05, 0) is 53.0 Å². The van der Waals surface area contributed by atoms with E-state index in [4.69, 9.17) is 5.11 Å². The van der Waals surface area contributed by atoms with Gasteiger partial charge >= 0.3 is 11.7 Å². The molecular weight excluding hydrogens is 362 g/mol. The summed E-state index contributed by atoms with van der Waals surface area (Å²) in [5.74, 6) is -1.06. The molecule has 23 heavy (non-hydrogen) atoms. The molecule has 0 saturated carbocycles. The number of aromatic nitrogens is 3. The highest BCUT2D eigenvalue weighted by Crippen LogP contribution is 2.23. The van der Waals surface area contributed by atoms with Gasteiger partial charge in [0.15, 0.2) is 0 Å². The van der Waals surface area contributed by atoms with E-state index in [0.29, 0.717) is 21.3 Å². The molecule has 0 bridgehead atoms. The van der Waals surface area contributed by atoms with E-state index in [1.807, 2.05) is 32.0 Å². The molecule has 0 spiro atoms. The van der Waals surface area contributed by atoms with Gasteiger partial charge in [0.05, 0.1) is 22.9 Å². The van der Waals surface area contributed by atoms with E-state index >= 15 is 0 Å². The van der Waals surface area contributed by atoms with Crippen molar-refractivity contribution in [3.05, 3.63) is 56.7 Å². The van der Waals surface area contributed by atoms with Crippen LogP contribution in [0.4, 0.5) is 0 Å². The Balaban J connectivity index is 2.43. The maximum Gasteiger partial charge on any atom is 0.334 e. The molecule has 1 N–H and O–H groups in total. The Hall–Kier alpha value is -2.41. The molecule has 3 aromatic rings. The molecule has 0 amide bonds. The van der Waals surface area contributed by atoms with Crippen LogP contribution in [-0.4, -0.2) is 25.2 Å². The Morgan fingerprint density at radius 2 is 2.04 bits per heavy atom. The van der Waals surface area contributed by atoms with Crippen molar-refractivity contribution in [3.63, 3.8) is 0 Å². The van der Waals surface area contributed by atoms with Crippen LogP contribution in [0, 0.1) is 13.8 Å². The fourth-order valence-electron chi connectivity index (χ4n) is 2.73. The number of benzene rings is 1. The van der Waals surface area contributed by atoms with Gasteiger partial charge in [-0.25, -0.2) is 9.78 Å². The Bertz CT molecular complexity index is 988. The van der Waals surface area contributed by atoms with Gasteiger partial charge in [0.1, 0.15) is 11.1 Å². The van der Waals surface area contributed by atoms with Gasteiger partial charge in [-0.1, -0.05) is 12.1 Å². The minimum absolute atomic E-state index is 0.380. The number of aliphatic carboxylic acids is 1. The van der Waals surface area contributed by atoms with Gasteiger partial charge in [0.2, 0.25) is 0 Å². The van der Waals surface area contributed by atoms with Crippen LogP contribution in [0.15, 0.2) is 39.9 Å². The molecule has 0 aliphatic carbocycles. The second-order valence-corrected chi connectivity index (χ2v) is 6.15. The summed E-state index contributed by atoms with van der Waals surface area (Å²) in [6.07, 6.45) is 1.61. The lowest BCUT2D eigenvalue weighted by Crippen LogP contribution is -2.26. The number of carboxylic acid groups (broad SMARTS) is 1. The van der Waals surface area contributed by atoms with Crippen molar-refractivity contribution in [1.82, 2.24) is 14.1 Å². The molecule has 0 saturated heterocycles. The monoisotopic (exact) mass is 375 g/mol. The number of para-hydroxylation sites is 1. The van der Waals surface area contributed by atoms with Crippen LogP contribution in [-0.2, 0) is 11.3 Å². The van der Waals surface area contributed by atoms with Crippen molar-refractivity contribution in [2.75, 3.05) is 0 Å². The van der Waals surface area contributed by atoms with Crippen LogP contribution in [0.3, 0.4) is 0 Å². The first kappa shape index (κ1) is 15.5. The molecule has 2 aromatic heterocycles. The van der Waals surface area contributed by atoms with Crippen LogP contribution in [0.2, 0.25) is 0 Å². The normalized spacial score (nSPS) is 11.1. The smallest absolute Gasteiger partial charge is 0.334 e. The predicted octanol–water partition coefficient (Wildman–Crippen LogP) is 2.65. The van der Waals surface area contributed by atoms with Crippen LogP contribution in [0.5, 0.6) is 0 Å². The third kappa shape index (κ3) is 2.57. The Labute approximate surface area is 140 Å². The summed E-state index contributed by atoms with van der Waals surface area (Å²) in [7, 11) is 0. The molecule has 0 fully saturated rings. The third-order valence-electron chi connectivity index (χ3n) is 3.74. The van der Waals surface area contributed by atoms with E-state index in [2.05, 4.69) is 20.9 Å². The Morgan fingerprint density at radius 1 is 1.30 bits per heavy atom. The average Bonchev–Trinajstić information content (AvgIpc) is 2.74. The molecule has 3 rings (SSSR count). The number of carboxylic acids is 1. The highest BCUT2D eigenvalue weighted by molar-refractivity contribution is 9.10. The lowest BCUT2D eigenvalue weighted by molar-refractivity contribution is -0.137. The molecule has 7 heteroatoms. The van der Waals surface area contributed by atoms with Gasteiger partial charge in [-0.15, -0.1) is 0 Å². The number of fused-ring (bicyclic) bond motifs is 1. The van der Waals surface area contributed by atoms with E-state index in [-0.39, 0.29) is 12.2 Å². The molecule has 118 valence electrons. The summed E-state index contributed by atoms with van der Waals surface area (Å²) in [6, 6.07) is 7.28. The summed E-state index contributed by atoms with van der Waals surface area (Å²) in [4.78, 5) is 28.2. The standard InChI is InChI=1S/C16H14BrN3O3/c1-9-4-3-5-11-15(9)20(16(23)19(11)8-14(21)22)12-7-18-13(17)6-10(12)2/h3-7H,8H2,1-2H3,(H,21,22). The Morgan fingerprint density at radius 3 is 2.70 bits per heavy atom. The topological polar surface area (TPSA) is 77.1 Å². The number of rotatable bonds is 3. The quantitative estimate of drug-likeness (QED) is 0.713. The van der Waals surface area contributed by atoms with Crippen LogP contribution in [0.25, 0.3) is 16.7 Å². The molecule has 2 heterocycles. The highest BCUT2D eigenvalue weighted by Gasteiger charge is 2.19. The summed E-state index contributed by atoms with van der Waals surface area (Å²) in [6.45, 7) is 3.40. The zero-order valence-corrected chi connectivity index (χ0v) is 14.2. The molecule has 0 radical (unpaired) electrons. The molecule has 6 nitrogen and oxygen atoms in total. The minimum Gasteiger partial charge on any atom is -0.480 e. The van der Waals surface area contributed by atoms with Gasteiger partial charge in [-0.3, -0.25) is 13.9 Å². The van der Waals surface area contributed by atoms with Gasteiger partial charge < -0.3 is 5.11 Å². The van der Waals surface area contributed by atoms with Gasteiger partial charge in [0, 0.05) is 0 Å². The van der Waals surface area contributed by atoms with Crippen molar-refractivity contribution < 1.29 is 9.90 Å². The van der Waals surface area contributed by atoms with Gasteiger partial charge in [-0.2, -0.15) is 0 Å². The fourth-order valence-corrected chi connectivity index (χ4v) is 3.18. The molecular formula is C16H14BrN3O3. The Kier molecular flexibility index (Phi) is 3.81. The molecule has 0 aliphatic rings. The number of pyridine rings is 1. The molecule has 0 unspecified atom stereocenters. The summed E-state index contributed by atoms with van der Waals surface area (Å²) in [5, 5.41) is 9.10. The van der Waals surface area contributed by atoms with Crippen molar-refractivity contribution in [2.24, 2.45) is 0 Å². The van der Waals surface area contributed by atoms with E-state index in [1.54, 1.807) is 12.3 Å². The number of halogens is 1. The average molecular weight is 376 g/mol. The summed E-state index contributed by atoms with van der Waals surface area (Å²) in [5.41, 5.74) is 3.31. The SMILES string of the molecule is Cc1cc(Br)ncc1-n1c(=O)n(CC(=O)O)c2cccc(C)c21. The number of aryl methyl sites for hydroxylation is 2. The third-order valence-corrected chi connectivity index (χ3v) is 4.17. The van der Waals surface area contributed by atoms with Crippen molar-refractivity contribution in [1.29, 1.82) is 0 Å². The van der Waals surface area contributed by atoms with Crippen molar-refractivity contribution >= 4 is 32.9 Å². The van der Waals surface area contributed by atoms with E-state index < -0.39 is 5.97 Å². The molecule has 0 aliphatic heterocycles. The highest BCUT2D eigenvalue weighted by atomic mass is 79.9. The number of hydrogen-bond donors (Lipinski definition) is 1. The lowest BCUT2D eigenvalue weighted by atomic mass is 10.2. The van der Waals surface area contributed by atoms with Crippen molar-refractivity contribution in [2.45, 2.75) is 20.4 Å². The maximum absolute atomic E-state index is 12.8. The maximum atomic E-state index is 12.8. The first-order chi connectivity index (χ1) is 10.9. The number of nitrogens with zero attached hydrogens (tertiary/aromatic N) is 3. The minimum atomic E-state index is -1.06. The van der Waals surface area contributed by atoms with Crippen molar-refractivity contribution in [3.8, 4) is 5.69 Å². The molecule has 1 aromatic carbocycles. The predicted molar refractivity (Wildman–Crippen MR) is 90.1 cm³/mol. The van der Waals surface area contributed by atoms with Crippen LogP contribution < -0.4 is 5.69 Å². The second kappa shape index (κ2) is 5.66.